The number of hydrogen-bond acceptors (Lipinski definition) is 5. The number of hydrogen-bond donors (Lipinski definition) is 0. The van der Waals surface area contributed by atoms with E-state index < -0.39 is 0 Å². The normalized spacial score (nSPS) is 12.0. The molecule has 8 heteroatoms. The Labute approximate surface area is 162 Å². The van der Waals surface area contributed by atoms with Gasteiger partial charge in [-0.05, 0) is 11.6 Å². The van der Waals surface area contributed by atoms with Crippen molar-refractivity contribution in [3.05, 3.63) is 53.1 Å². The minimum atomic E-state index is -0.218. The van der Waals surface area contributed by atoms with Crippen LogP contribution in [-0.4, -0.2) is 34.7 Å². The van der Waals surface area contributed by atoms with Gasteiger partial charge < -0.3 is 0 Å². The topological polar surface area (TPSA) is 74.3 Å². The maximum Gasteiger partial charge on any atom is 0.182 e. The summed E-state index contributed by atoms with van der Waals surface area (Å²) >= 11 is 6.32. The molecule has 0 fully saturated rings. The van der Waals surface area contributed by atoms with Crippen LogP contribution >= 0.6 is 11.6 Å². The molecule has 0 aliphatic rings. The molecule has 0 aliphatic heterocycles. The number of aromatic nitrogens is 7. The summed E-state index contributed by atoms with van der Waals surface area (Å²) in [4.78, 5) is 9.57. The molecular weight excluding hydrogens is 362 g/mol. The molecule has 1 aromatic carbocycles. The maximum absolute atomic E-state index is 6.32. The molecule has 138 valence electrons. The molecule has 4 aromatic rings. The standard InChI is InChI=1S/C19H20ClN7/c1-19(2,3)18-22-15(13-9-21-26(4)10-13)16-17(23-18)27(25-24-16)11-12-7-5-6-8-14(12)20/h5-10H,11H2,1-4H3. The Hall–Kier alpha value is -2.80. The third-order valence-corrected chi connectivity index (χ3v) is 4.66. The Balaban J connectivity index is 1.91. The van der Waals surface area contributed by atoms with Gasteiger partial charge in [0.2, 0.25) is 0 Å². The lowest BCUT2D eigenvalue weighted by Gasteiger charge is -2.17. The summed E-state index contributed by atoms with van der Waals surface area (Å²) in [5.74, 6) is 0.733. The molecule has 3 heterocycles. The fraction of sp³-hybridized carbons (Fsp3) is 0.316. The largest absolute Gasteiger partial charge is 0.275 e. The SMILES string of the molecule is Cn1cc(-c2nc(C(C)(C)C)nc3c2nnn3Cc2ccccc2Cl)cn1. The molecule has 0 atom stereocenters. The first-order valence-electron chi connectivity index (χ1n) is 8.67. The monoisotopic (exact) mass is 381 g/mol. The fourth-order valence-electron chi connectivity index (χ4n) is 2.83. The zero-order chi connectivity index (χ0) is 19.2. The molecule has 27 heavy (non-hydrogen) atoms. The van der Waals surface area contributed by atoms with E-state index >= 15 is 0 Å². The highest BCUT2D eigenvalue weighted by atomic mass is 35.5. The highest BCUT2D eigenvalue weighted by Gasteiger charge is 2.24. The maximum atomic E-state index is 6.32. The van der Waals surface area contributed by atoms with Gasteiger partial charge in [0.1, 0.15) is 11.5 Å². The Morgan fingerprint density at radius 1 is 1.11 bits per heavy atom. The molecule has 0 saturated heterocycles. The minimum Gasteiger partial charge on any atom is -0.275 e. The summed E-state index contributed by atoms with van der Waals surface area (Å²) in [6.45, 7) is 6.75. The van der Waals surface area contributed by atoms with Crippen molar-refractivity contribution in [3.63, 3.8) is 0 Å². The van der Waals surface area contributed by atoms with Crippen LogP contribution in [0.1, 0.15) is 32.2 Å². The summed E-state index contributed by atoms with van der Waals surface area (Å²) in [7, 11) is 1.88. The summed E-state index contributed by atoms with van der Waals surface area (Å²) in [6.07, 6.45) is 3.70. The van der Waals surface area contributed by atoms with Crippen LogP contribution in [0.5, 0.6) is 0 Å². The van der Waals surface area contributed by atoms with Crippen molar-refractivity contribution in [2.24, 2.45) is 7.05 Å². The molecule has 7 nitrogen and oxygen atoms in total. The van der Waals surface area contributed by atoms with Gasteiger partial charge in [-0.1, -0.05) is 55.8 Å². The number of fused-ring (bicyclic) bond motifs is 1. The number of nitrogens with zero attached hydrogens (tertiary/aromatic N) is 7. The van der Waals surface area contributed by atoms with Crippen LogP contribution in [0.4, 0.5) is 0 Å². The second kappa shape index (κ2) is 6.42. The highest BCUT2D eigenvalue weighted by molar-refractivity contribution is 6.31. The second-order valence-corrected chi connectivity index (χ2v) is 7.97. The zero-order valence-electron chi connectivity index (χ0n) is 15.7. The Morgan fingerprint density at radius 2 is 1.89 bits per heavy atom. The molecule has 0 aliphatic carbocycles. The van der Waals surface area contributed by atoms with Gasteiger partial charge in [0.15, 0.2) is 11.2 Å². The quantitative estimate of drug-likeness (QED) is 0.541. The zero-order valence-corrected chi connectivity index (χ0v) is 16.4. The van der Waals surface area contributed by atoms with Gasteiger partial charge in [-0.3, -0.25) is 4.68 Å². The first-order valence-corrected chi connectivity index (χ1v) is 9.05. The molecular formula is C19H20ClN7. The van der Waals surface area contributed by atoms with E-state index in [2.05, 4.69) is 36.2 Å². The van der Waals surface area contributed by atoms with Crippen LogP contribution in [-0.2, 0) is 19.0 Å². The predicted molar refractivity (Wildman–Crippen MR) is 105 cm³/mol. The van der Waals surface area contributed by atoms with E-state index in [4.69, 9.17) is 21.6 Å². The Kier molecular flexibility index (Phi) is 4.19. The second-order valence-electron chi connectivity index (χ2n) is 7.56. The third-order valence-electron chi connectivity index (χ3n) is 4.29. The fourth-order valence-corrected chi connectivity index (χ4v) is 3.03. The van der Waals surface area contributed by atoms with Gasteiger partial charge in [-0.25, -0.2) is 14.6 Å². The van der Waals surface area contributed by atoms with Gasteiger partial charge in [-0.2, -0.15) is 5.10 Å². The lowest BCUT2D eigenvalue weighted by Crippen LogP contribution is -2.17. The average molecular weight is 382 g/mol. The van der Waals surface area contributed by atoms with Crippen LogP contribution < -0.4 is 0 Å². The van der Waals surface area contributed by atoms with E-state index in [0.717, 1.165) is 22.6 Å². The number of aryl methyl sites for hydroxylation is 1. The van der Waals surface area contributed by atoms with E-state index in [1.54, 1.807) is 15.6 Å². The average Bonchev–Trinajstić information content (AvgIpc) is 3.22. The van der Waals surface area contributed by atoms with Crippen LogP contribution in [0, 0.1) is 0 Å². The van der Waals surface area contributed by atoms with Crippen molar-refractivity contribution in [3.8, 4) is 11.3 Å². The number of halogens is 1. The summed E-state index contributed by atoms with van der Waals surface area (Å²) in [5.41, 5.74) is 3.72. The van der Waals surface area contributed by atoms with Crippen molar-refractivity contribution in [2.75, 3.05) is 0 Å². The third kappa shape index (κ3) is 3.30. The molecule has 0 radical (unpaired) electrons. The van der Waals surface area contributed by atoms with E-state index in [1.807, 2.05) is 37.5 Å². The smallest absolute Gasteiger partial charge is 0.182 e. The van der Waals surface area contributed by atoms with Crippen molar-refractivity contribution < 1.29 is 0 Å². The van der Waals surface area contributed by atoms with E-state index in [-0.39, 0.29) is 5.41 Å². The number of benzene rings is 1. The first kappa shape index (κ1) is 17.6. The Bertz CT molecular complexity index is 1120. The van der Waals surface area contributed by atoms with Crippen molar-refractivity contribution >= 4 is 22.8 Å². The lowest BCUT2D eigenvalue weighted by atomic mass is 9.95. The van der Waals surface area contributed by atoms with Gasteiger partial charge in [-0.15, -0.1) is 5.10 Å². The van der Waals surface area contributed by atoms with Crippen molar-refractivity contribution in [2.45, 2.75) is 32.7 Å². The molecule has 0 amide bonds. The van der Waals surface area contributed by atoms with E-state index in [0.29, 0.717) is 22.7 Å². The Morgan fingerprint density at radius 3 is 2.56 bits per heavy atom. The van der Waals surface area contributed by atoms with Crippen molar-refractivity contribution in [1.29, 1.82) is 0 Å². The van der Waals surface area contributed by atoms with E-state index in [1.165, 1.54) is 0 Å². The molecule has 0 bridgehead atoms. The van der Waals surface area contributed by atoms with Crippen LogP contribution in [0.25, 0.3) is 22.4 Å². The molecule has 0 N–H and O–H groups in total. The molecule has 0 saturated carbocycles. The van der Waals surface area contributed by atoms with Crippen molar-refractivity contribution in [1.82, 2.24) is 34.7 Å². The predicted octanol–water partition coefficient (Wildman–Crippen LogP) is 3.62. The molecule has 0 spiro atoms. The van der Waals surface area contributed by atoms with Gasteiger partial charge in [0.25, 0.3) is 0 Å². The van der Waals surface area contributed by atoms with Gasteiger partial charge in [0.05, 0.1) is 12.7 Å². The number of rotatable bonds is 3. The molecule has 3 aromatic heterocycles. The first-order chi connectivity index (χ1) is 12.8. The van der Waals surface area contributed by atoms with Crippen LogP contribution in [0.2, 0.25) is 5.02 Å². The van der Waals surface area contributed by atoms with E-state index in [9.17, 15) is 0 Å². The van der Waals surface area contributed by atoms with Gasteiger partial charge >= 0.3 is 0 Å². The molecule has 4 rings (SSSR count). The lowest BCUT2D eigenvalue weighted by molar-refractivity contribution is 0.546. The van der Waals surface area contributed by atoms with Gasteiger partial charge in [0, 0.05) is 29.2 Å². The summed E-state index contributed by atoms with van der Waals surface area (Å²) < 4.78 is 3.52. The summed E-state index contributed by atoms with van der Waals surface area (Å²) in [5, 5.41) is 13.6. The van der Waals surface area contributed by atoms with Crippen LogP contribution in [0.3, 0.4) is 0 Å². The highest BCUT2D eigenvalue weighted by Crippen LogP contribution is 2.28. The molecule has 0 unspecified atom stereocenters. The minimum absolute atomic E-state index is 0.218. The summed E-state index contributed by atoms with van der Waals surface area (Å²) in [6, 6.07) is 7.71. The van der Waals surface area contributed by atoms with Crippen LogP contribution in [0.15, 0.2) is 36.7 Å².